The summed E-state index contributed by atoms with van der Waals surface area (Å²) in [5.41, 5.74) is 2.76. The van der Waals surface area contributed by atoms with Gasteiger partial charge in [0.15, 0.2) is 5.13 Å². The van der Waals surface area contributed by atoms with Crippen LogP contribution in [0.2, 0.25) is 0 Å². The Hall–Kier alpha value is -2.97. The number of thiazole rings is 1. The van der Waals surface area contributed by atoms with Crippen LogP contribution in [0.1, 0.15) is 39.0 Å². The van der Waals surface area contributed by atoms with E-state index in [1.807, 2.05) is 41.3 Å². The third kappa shape index (κ3) is 5.39. The SMILES string of the molecule is COCCn1cc(-c2cc(Oc3ccc4nc(NC(C)C5CCCCC5)sc4c3)ccn2)cn1. The first-order valence-corrected chi connectivity index (χ1v) is 12.8. The normalized spacial score (nSPS) is 15.5. The molecule has 178 valence electrons. The second kappa shape index (κ2) is 10.5. The summed E-state index contributed by atoms with van der Waals surface area (Å²) in [6.45, 7) is 3.62. The van der Waals surface area contributed by atoms with Crippen molar-refractivity contribution in [2.45, 2.75) is 51.6 Å². The first-order valence-electron chi connectivity index (χ1n) is 12.0. The van der Waals surface area contributed by atoms with Crippen LogP contribution in [-0.2, 0) is 11.3 Å². The maximum absolute atomic E-state index is 6.18. The van der Waals surface area contributed by atoms with Crippen LogP contribution in [0.25, 0.3) is 21.5 Å². The molecule has 1 saturated carbocycles. The van der Waals surface area contributed by atoms with E-state index < -0.39 is 0 Å². The molecule has 4 aromatic rings. The van der Waals surface area contributed by atoms with Gasteiger partial charge in [-0.05, 0) is 43.9 Å². The molecule has 3 heterocycles. The Morgan fingerprint density at radius 2 is 2.00 bits per heavy atom. The Morgan fingerprint density at radius 3 is 2.85 bits per heavy atom. The number of aromatic nitrogens is 4. The van der Waals surface area contributed by atoms with Crippen molar-refractivity contribution >= 4 is 26.7 Å². The molecule has 1 aliphatic rings. The molecule has 0 saturated heterocycles. The maximum atomic E-state index is 6.18. The van der Waals surface area contributed by atoms with E-state index in [4.69, 9.17) is 14.5 Å². The van der Waals surface area contributed by atoms with Crippen LogP contribution in [0, 0.1) is 5.92 Å². The number of pyridine rings is 1. The molecule has 1 unspecified atom stereocenters. The fraction of sp³-hybridized carbons (Fsp3) is 0.423. The van der Waals surface area contributed by atoms with Crippen molar-refractivity contribution in [3.8, 4) is 22.8 Å². The number of anilines is 1. The van der Waals surface area contributed by atoms with Gasteiger partial charge in [0.05, 0.1) is 35.3 Å². The van der Waals surface area contributed by atoms with Gasteiger partial charge in [0, 0.05) is 43.2 Å². The van der Waals surface area contributed by atoms with Crippen molar-refractivity contribution in [1.82, 2.24) is 19.7 Å². The van der Waals surface area contributed by atoms with Crippen LogP contribution in [0.3, 0.4) is 0 Å². The molecule has 0 radical (unpaired) electrons. The van der Waals surface area contributed by atoms with Crippen molar-refractivity contribution < 1.29 is 9.47 Å². The monoisotopic (exact) mass is 477 g/mol. The molecular weight excluding hydrogens is 446 g/mol. The van der Waals surface area contributed by atoms with Gasteiger partial charge in [-0.2, -0.15) is 5.10 Å². The average molecular weight is 478 g/mol. The second-order valence-electron chi connectivity index (χ2n) is 8.94. The van der Waals surface area contributed by atoms with Gasteiger partial charge < -0.3 is 14.8 Å². The lowest BCUT2D eigenvalue weighted by Crippen LogP contribution is -2.27. The molecule has 7 nitrogen and oxygen atoms in total. The van der Waals surface area contributed by atoms with Crippen LogP contribution < -0.4 is 10.1 Å². The fourth-order valence-corrected chi connectivity index (χ4v) is 5.54. The first kappa shape index (κ1) is 22.8. The van der Waals surface area contributed by atoms with E-state index in [-0.39, 0.29) is 0 Å². The number of benzene rings is 1. The number of ether oxygens (including phenoxy) is 2. The predicted molar refractivity (Wildman–Crippen MR) is 137 cm³/mol. The highest BCUT2D eigenvalue weighted by atomic mass is 32.1. The third-order valence-electron chi connectivity index (χ3n) is 6.49. The number of hydrogen-bond donors (Lipinski definition) is 1. The zero-order chi connectivity index (χ0) is 23.3. The summed E-state index contributed by atoms with van der Waals surface area (Å²) in [5, 5.41) is 9.02. The summed E-state index contributed by atoms with van der Waals surface area (Å²) < 4.78 is 14.3. The van der Waals surface area contributed by atoms with Gasteiger partial charge in [0.25, 0.3) is 0 Å². The predicted octanol–water partition coefficient (Wildman–Crippen LogP) is 6.37. The van der Waals surface area contributed by atoms with E-state index in [9.17, 15) is 0 Å². The van der Waals surface area contributed by atoms with E-state index >= 15 is 0 Å². The Labute approximate surface area is 204 Å². The van der Waals surface area contributed by atoms with E-state index in [1.54, 1.807) is 24.6 Å². The second-order valence-corrected chi connectivity index (χ2v) is 9.97. The quantitative estimate of drug-likeness (QED) is 0.302. The highest BCUT2D eigenvalue weighted by Crippen LogP contribution is 2.34. The zero-order valence-corrected chi connectivity index (χ0v) is 20.6. The smallest absolute Gasteiger partial charge is 0.184 e. The summed E-state index contributed by atoms with van der Waals surface area (Å²) in [6.07, 6.45) is 12.3. The Morgan fingerprint density at radius 1 is 1.15 bits per heavy atom. The molecule has 0 bridgehead atoms. The Kier molecular flexibility index (Phi) is 7.06. The Balaban J connectivity index is 1.27. The van der Waals surface area contributed by atoms with Gasteiger partial charge in [0.2, 0.25) is 0 Å². The molecule has 5 rings (SSSR count). The molecule has 1 atom stereocenters. The van der Waals surface area contributed by atoms with Crippen LogP contribution in [0.5, 0.6) is 11.5 Å². The van der Waals surface area contributed by atoms with Crippen LogP contribution in [0.4, 0.5) is 5.13 Å². The molecule has 1 aromatic carbocycles. The van der Waals surface area contributed by atoms with Crippen molar-refractivity contribution in [3.63, 3.8) is 0 Å². The van der Waals surface area contributed by atoms with E-state index in [1.165, 1.54) is 32.1 Å². The van der Waals surface area contributed by atoms with Crippen molar-refractivity contribution in [3.05, 3.63) is 48.9 Å². The molecule has 0 aliphatic heterocycles. The van der Waals surface area contributed by atoms with Gasteiger partial charge >= 0.3 is 0 Å². The number of fused-ring (bicyclic) bond motifs is 1. The van der Waals surface area contributed by atoms with Crippen LogP contribution >= 0.6 is 11.3 Å². The number of nitrogens with zero attached hydrogens (tertiary/aromatic N) is 4. The van der Waals surface area contributed by atoms with E-state index in [2.05, 4.69) is 28.4 Å². The lowest BCUT2D eigenvalue weighted by atomic mass is 9.85. The van der Waals surface area contributed by atoms with Crippen molar-refractivity contribution in [2.24, 2.45) is 5.92 Å². The van der Waals surface area contributed by atoms with Gasteiger partial charge in [-0.15, -0.1) is 0 Å². The fourth-order valence-electron chi connectivity index (χ4n) is 4.55. The summed E-state index contributed by atoms with van der Waals surface area (Å²) in [7, 11) is 1.69. The zero-order valence-electron chi connectivity index (χ0n) is 19.7. The van der Waals surface area contributed by atoms with Crippen LogP contribution in [0.15, 0.2) is 48.9 Å². The minimum Gasteiger partial charge on any atom is -0.457 e. The van der Waals surface area contributed by atoms with E-state index in [0.29, 0.717) is 19.2 Å². The highest BCUT2D eigenvalue weighted by molar-refractivity contribution is 7.22. The molecule has 0 amide bonds. The lowest BCUT2D eigenvalue weighted by molar-refractivity contribution is 0.183. The standard InChI is InChI=1S/C26H31N5O2S/c1-18(19-6-4-3-5-7-19)29-26-30-23-9-8-21(15-25(23)34-26)33-22-10-11-27-24(14-22)20-16-28-31(17-20)12-13-32-2/h8-11,14-19H,3-7,12-13H2,1-2H3,(H,29,30). The number of hydrogen-bond acceptors (Lipinski definition) is 7. The molecule has 1 aliphatic carbocycles. The number of rotatable bonds is 9. The van der Waals surface area contributed by atoms with Gasteiger partial charge in [-0.25, -0.2) is 4.98 Å². The number of nitrogens with one attached hydrogen (secondary N) is 1. The summed E-state index contributed by atoms with van der Waals surface area (Å²) in [4.78, 5) is 9.28. The minimum atomic E-state index is 0.450. The molecule has 0 spiro atoms. The third-order valence-corrected chi connectivity index (χ3v) is 7.44. The molecule has 8 heteroatoms. The van der Waals surface area contributed by atoms with Gasteiger partial charge in [-0.1, -0.05) is 30.6 Å². The average Bonchev–Trinajstić information content (AvgIpc) is 3.50. The van der Waals surface area contributed by atoms with Gasteiger partial charge in [-0.3, -0.25) is 9.67 Å². The maximum Gasteiger partial charge on any atom is 0.184 e. The summed E-state index contributed by atoms with van der Waals surface area (Å²) >= 11 is 1.69. The lowest BCUT2D eigenvalue weighted by Gasteiger charge is -2.28. The van der Waals surface area contributed by atoms with E-state index in [0.717, 1.165) is 44.0 Å². The molecule has 1 fully saturated rings. The molecular formula is C26H31N5O2S. The summed E-state index contributed by atoms with van der Waals surface area (Å²) in [6, 6.07) is 10.3. The van der Waals surface area contributed by atoms with Crippen molar-refractivity contribution in [2.75, 3.05) is 19.0 Å². The minimum absolute atomic E-state index is 0.450. The van der Waals surface area contributed by atoms with Crippen molar-refractivity contribution in [1.29, 1.82) is 0 Å². The molecule has 3 aromatic heterocycles. The summed E-state index contributed by atoms with van der Waals surface area (Å²) in [5.74, 6) is 2.27. The topological polar surface area (TPSA) is 74.1 Å². The van der Waals surface area contributed by atoms with Crippen LogP contribution in [-0.4, -0.2) is 39.5 Å². The largest absolute Gasteiger partial charge is 0.457 e. The molecule has 34 heavy (non-hydrogen) atoms. The highest BCUT2D eigenvalue weighted by Gasteiger charge is 2.21. The number of methoxy groups -OCH3 is 1. The van der Waals surface area contributed by atoms with Gasteiger partial charge in [0.1, 0.15) is 11.5 Å². The molecule has 1 N–H and O–H groups in total. The first-order chi connectivity index (χ1) is 16.7. The Bertz CT molecular complexity index is 1230.